The number of nitrogens with one attached hydrogen (secondary N) is 1. The predicted molar refractivity (Wildman–Crippen MR) is 165 cm³/mol. The highest BCUT2D eigenvalue weighted by atomic mass is 16.5. The topological polar surface area (TPSA) is 122 Å². The zero-order valence-corrected chi connectivity index (χ0v) is 24.5. The molecule has 10 nitrogen and oxygen atoms in total. The maximum absolute atomic E-state index is 13.8. The van der Waals surface area contributed by atoms with E-state index in [1.54, 1.807) is 55.3 Å². The summed E-state index contributed by atoms with van der Waals surface area (Å²) in [6, 6.07) is 19.1. The molecule has 5 aromatic rings. The van der Waals surface area contributed by atoms with E-state index in [9.17, 15) is 14.4 Å². The van der Waals surface area contributed by atoms with Crippen LogP contribution in [-0.4, -0.2) is 40.4 Å². The van der Waals surface area contributed by atoms with Crippen molar-refractivity contribution in [2.45, 2.75) is 32.2 Å². The largest absolute Gasteiger partial charge is 0.493 e. The Labute approximate surface area is 253 Å². The number of nitrogens with zero attached hydrogens (tertiary/aromatic N) is 3. The number of ether oxygens (including phenoxy) is 3. The molecule has 44 heavy (non-hydrogen) atoms. The minimum absolute atomic E-state index is 0.0753. The molecule has 0 saturated carbocycles. The van der Waals surface area contributed by atoms with Gasteiger partial charge in [0.15, 0.2) is 17.3 Å². The number of pyridine rings is 3. The van der Waals surface area contributed by atoms with Gasteiger partial charge >= 0.3 is 0 Å². The Morgan fingerprint density at radius 2 is 1.68 bits per heavy atom. The summed E-state index contributed by atoms with van der Waals surface area (Å²) < 4.78 is 18.5. The molecule has 3 heterocycles. The number of aromatic nitrogens is 3. The molecule has 1 aliphatic carbocycles. The standard InChI is InChI=1S/C34H30N4O6/c1-20(21-8-5-4-6-9-21)38-27-10-7-11-28(39)24(27)16-25(34(38)41)33(40)37-32-13-12-22(19-36-32)44-29-14-15-35-26-18-31(43-3)30(42-2)17-23(26)29/h4-6,8-9,12-20H,7,10-11H2,1-3H3,(H,36,37,40)/t20-/m1/s1. The van der Waals surface area contributed by atoms with Crippen LogP contribution in [0.1, 0.15) is 57.8 Å². The fraction of sp³-hybridized carbons (Fsp3) is 0.206. The van der Waals surface area contributed by atoms with Crippen LogP contribution in [0, 0.1) is 0 Å². The molecule has 6 rings (SSSR count). The number of amides is 1. The quantitative estimate of drug-likeness (QED) is 0.234. The second-order valence-electron chi connectivity index (χ2n) is 10.4. The number of rotatable bonds is 8. The normalized spacial score (nSPS) is 13.2. The van der Waals surface area contributed by atoms with Crippen LogP contribution >= 0.6 is 0 Å². The molecule has 1 atom stereocenters. The molecule has 1 N–H and O–H groups in total. The molecule has 0 saturated heterocycles. The molecule has 0 bridgehead atoms. The third kappa shape index (κ3) is 5.37. The van der Waals surface area contributed by atoms with E-state index in [0.717, 1.165) is 5.56 Å². The van der Waals surface area contributed by atoms with Gasteiger partial charge in [-0.3, -0.25) is 19.4 Å². The van der Waals surface area contributed by atoms with Gasteiger partial charge in [-0.2, -0.15) is 0 Å². The van der Waals surface area contributed by atoms with Crippen molar-refractivity contribution in [2.75, 3.05) is 19.5 Å². The lowest BCUT2D eigenvalue weighted by atomic mass is 9.92. The molecule has 0 radical (unpaired) electrons. The van der Waals surface area contributed by atoms with E-state index in [2.05, 4.69) is 15.3 Å². The van der Waals surface area contributed by atoms with Gasteiger partial charge in [-0.05, 0) is 55.7 Å². The minimum Gasteiger partial charge on any atom is -0.493 e. The van der Waals surface area contributed by atoms with Crippen LogP contribution in [-0.2, 0) is 6.42 Å². The Balaban J connectivity index is 1.27. The van der Waals surface area contributed by atoms with Gasteiger partial charge in [0, 0.05) is 35.3 Å². The average Bonchev–Trinajstić information content (AvgIpc) is 3.05. The van der Waals surface area contributed by atoms with Crippen LogP contribution in [0.4, 0.5) is 5.82 Å². The van der Waals surface area contributed by atoms with Crippen LogP contribution in [0.3, 0.4) is 0 Å². The predicted octanol–water partition coefficient (Wildman–Crippen LogP) is 5.98. The molecule has 222 valence electrons. The maximum atomic E-state index is 13.8. The van der Waals surface area contributed by atoms with Crippen LogP contribution in [0.2, 0.25) is 0 Å². The van der Waals surface area contributed by atoms with E-state index < -0.39 is 11.5 Å². The summed E-state index contributed by atoms with van der Waals surface area (Å²) in [5.41, 5.74) is 2.08. The number of fused-ring (bicyclic) bond motifs is 2. The first-order chi connectivity index (χ1) is 21.4. The first-order valence-electron chi connectivity index (χ1n) is 14.2. The lowest BCUT2D eigenvalue weighted by Crippen LogP contribution is -2.36. The van der Waals surface area contributed by atoms with Crippen LogP contribution < -0.4 is 25.1 Å². The van der Waals surface area contributed by atoms with Crippen molar-refractivity contribution in [1.29, 1.82) is 0 Å². The lowest BCUT2D eigenvalue weighted by molar-refractivity contribution is 0.0970. The van der Waals surface area contributed by atoms with E-state index in [1.165, 1.54) is 12.3 Å². The van der Waals surface area contributed by atoms with E-state index >= 15 is 0 Å². The Hall–Kier alpha value is -5.51. The summed E-state index contributed by atoms with van der Waals surface area (Å²) in [5, 5.41) is 3.42. The van der Waals surface area contributed by atoms with Crippen molar-refractivity contribution < 1.29 is 23.8 Å². The van der Waals surface area contributed by atoms with E-state index in [-0.39, 0.29) is 23.2 Å². The number of methoxy groups -OCH3 is 2. The van der Waals surface area contributed by atoms with E-state index in [4.69, 9.17) is 14.2 Å². The molecule has 1 amide bonds. The zero-order chi connectivity index (χ0) is 30.8. The summed E-state index contributed by atoms with van der Waals surface area (Å²) in [6.45, 7) is 1.90. The molecular formula is C34H30N4O6. The smallest absolute Gasteiger partial charge is 0.264 e. The third-order valence-electron chi connectivity index (χ3n) is 7.78. The van der Waals surface area contributed by atoms with Gasteiger partial charge in [-0.1, -0.05) is 30.3 Å². The Kier molecular flexibility index (Phi) is 7.80. The molecule has 10 heteroatoms. The second kappa shape index (κ2) is 12.0. The second-order valence-corrected chi connectivity index (χ2v) is 10.4. The van der Waals surface area contributed by atoms with Gasteiger partial charge in [-0.25, -0.2) is 4.98 Å². The molecule has 0 aliphatic heterocycles. The SMILES string of the molecule is COc1cc2nccc(Oc3ccc(NC(=O)c4cc5c(n([C@H](C)c6ccccc6)c4=O)CCCC5=O)nc3)c2cc1OC. The van der Waals surface area contributed by atoms with E-state index in [0.29, 0.717) is 64.4 Å². The zero-order valence-electron chi connectivity index (χ0n) is 24.5. The van der Waals surface area contributed by atoms with Crippen LogP contribution in [0.5, 0.6) is 23.0 Å². The molecule has 1 aliphatic rings. The van der Waals surface area contributed by atoms with Gasteiger partial charge in [0.25, 0.3) is 11.5 Å². The molecule has 2 aromatic carbocycles. The lowest BCUT2D eigenvalue weighted by Gasteiger charge is -2.26. The first kappa shape index (κ1) is 28.6. The van der Waals surface area contributed by atoms with Crippen molar-refractivity contribution in [1.82, 2.24) is 14.5 Å². The fourth-order valence-corrected chi connectivity index (χ4v) is 5.53. The first-order valence-corrected chi connectivity index (χ1v) is 14.2. The summed E-state index contributed by atoms with van der Waals surface area (Å²) >= 11 is 0. The number of hydrogen-bond acceptors (Lipinski definition) is 8. The highest BCUT2D eigenvalue weighted by Crippen LogP contribution is 2.37. The van der Waals surface area contributed by atoms with Gasteiger partial charge in [0.2, 0.25) is 0 Å². The summed E-state index contributed by atoms with van der Waals surface area (Å²) in [6.07, 6.45) is 4.72. The summed E-state index contributed by atoms with van der Waals surface area (Å²) in [5.74, 6) is 1.54. The number of anilines is 1. The summed E-state index contributed by atoms with van der Waals surface area (Å²) in [4.78, 5) is 48.8. The average molecular weight is 591 g/mol. The minimum atomic E-state index is -0.646. The molecule has 0 unspecified atom stereocenters. The monoisotopic (exact) mass is 590 g/mol. The van der Waals surface area contributed by atoms with Gasteiger partial charge < -0.3 is 24.1 Å². The molecule has 0 spiro atoms. The van der Waals surface area contributed by atoms with Crippen LogP contribution in [0.15, 0.2) is 83.9 Å². The van der Waals surface area contributed by atoms with Crippen molar-refractivity contribution in [3.8, 4) is 23.0 Å². The maximum Gasteiger partial charge on any atom is 0.264 e. The number of ketones is 1. The third-order valence-corrected chi connectivity index (χ3v) is 7.78. The van der Waals surface area contributed by atoms with Gasteiger partial charge in [-0.15, -0.1) is 0 Å². The number of Topliss-reactive ketones (excluding diaryl/α,β-unsaturated/α-hetero) is 1. The number of hydrogen-bond donors (Lipinski definition) is 1. The Morgan fingerprint density at radius 1 is 0.909 bits per heavy atom. The highest BCUT2D eigenvalue weighted by Gasteiger charge is 2.28. The van der Waals surface area contributed by atoms with Gasteiger partial charge in [0.1, 0.15) is 22.9 Å². The number of carbonyl (C=O) groups excluding carboxylic acids is 2. The van der Waals surface area contributed by atoms with Crippen molar-refractivity contribution >= 4 is 28.4 Å². The highest BCUT2D eigenvalue weighted by molar-refractivity contribution is 6.06. The van der Waals surface area contributed by atoms with E-state index in [1.807, 2.05) is 37.3 Å². The van der Waals surface area contributed by atoms with Gasteiger partial charge in [0.05, 0.1) is 32.0 Å². The molecule has 3 aromatic heterocycles. The van der Waals surface area contributed by atoms with Crippen molar-refractivity contribution in [2.24, 2.45) is 0 Å². The van der Waals surface area contributed by atoms with Crippen molar-refractivity contribution in [3.63, 3.8) is 0 Å². The Morgan fingerprint density at radius 3 is 2.41 bits per heavy atom. The van der Waals surface area contributed by atoms with Crippen LogP contribution in [0.25, 0.3) is 10.9 Å². The number of benzene rings is 2. The summed E-state index contributed by atoms with van der Waals surface area (Å²) in [7, 11) is 3.11. The fourth-order valence-electron chi connectivity index (χ4n) is 5.53. The molecule has 0 fully saturated rings. The molecular weight excluding hydrogens is 560 g/mol. The Bertz CT molecular complexity index is 1940. The van der Waals surface area contributed by atoms with Crippen molar-refractivity contribution in [3.05, 3.63) is 112 Å². The number of carbonyl (C=O) groups is 2.